The molecule has 0 aromatic rings. The van der Waals surface area contributed by atoms with Gasteiger partial charge in [-0.25, -0.2) is 4.79 Å². The summed E-state index contributed by atoms with van der Waals surface area (Å²) in [6, 6.07) is 0. The van der Waals surface area contributed by atoms with Crippen LogP contribution in [0.3, 0.4) is 0 Å². The van der Waals surface area contributed by atoms with E-state index in [1.807, 2.05) is 0 Å². The number of hydrogen-bond donors (Lipinski definition) is 1. The van der Waals surface area contributed by atoms with E-state index in [4.69, 9.17) is 5.11 Å². The third-order valence-electron chi connectivity index (χ3n) is 0.410. The van der Waals surface area contributed by atoms with Gasteiger partial charge in [-0.05, 0) is 0 Å². The zero-order valence-electron chi connectivity index (χ0n) is 8.87. The van der Waals surface area contributed by atoms with Crippen LogP contribution >= 0.6 is 0 Å². The van der Waals surface area contributed by atoms with Gasteiger partial charge in [0, 0.05) is 20.3 Å². The van der Waals surface area contributed by atoms with Crippen LogP contribution in [0.15, 0.2) is 12.7 Å². The number of hydrogen-bond acceptors (Lipinski definition) is 3. The van der Waals surface area contributed by atoms with E-state index in [1.165, 1.54) is 6.42 Å². The maximum Gasteiger partial charge on any atom is 0.327 e. The second-order valence-electron chi connectivity index (χ2n) is 1.94. The minimum absolute atomic E-state index is 0.389. The topological polar surface area (TPSA) is 55.8 Å². The van der Waals surface area contributed by atoms with Crippen molar-refractivity contribution in [2.24, 2.45) is 0 Å². The van der Waals surface area contributed by atoms with E-state index in [0.29, 0.717) is 6.79 Å². The minimum atomic E-state index is -0.981. The minimum Gasteiger partial charge on any atom is -0.478 e. The Labute approximate surface area is 80.2 Å². The van der Waals surface area contributed by atoms with E-state index in [9.17, 15) is 4.79 Å². The number of carboxylic acids is 1. The molecule has 0 aromatic heterocycles. The number of methoxy groups -OCH3 is 2. The molecule has 0 aliphatic carbocycles. The highest BCUT2D eigenvalue weighted by atomic mass is 16.6. The lowest BCUT2D eigenvalue weighted by Gasteiger charge is -1.87. The monoisotopic (exact) mass is 192 g/mol. The van der Waals surface area contributed by atoms with Crippen molar-refractivity contribution in [3.05, 3.63) is 12.7 Å². The van der Waals surface area contributed by atoms with Crippen molar-refractivity contribution in [3.63, 3.8) is 0 Å². The van der Waals surface area contributed by atoms with Crippen molar-refractivity contribution in [1.29, 1.82) is 0 Å². The molecule has 0 aliphatic rings. The first-order chi connectivity index (χ1) is 6.10. The zero-order valence-corrected chi connectivity index (χ0v) is 8.87. The van der Waals surface area contributed by atoms with Crippen molar-refractivity contribution < 1.29 is 19.4 Å². The van der Waals surface area contributed by atoms with Crippen molar-refractivity contribution in [3.8, 4) is 0 Å². The smallest absolute Gasteiger partial charge is 0.327 e. The summed E-state index contributed by atoms with van der Waals surface area (Å²) in [4.78, 5) is 9.25. The first-order valence-corrected chi connectivity index (χ1v) is 3.93. The summed E-state index contributed by atoms with van der Waals surface area (Å²) >= 11 is 0. The van der Waals surface area contributed by atoms with Gasteiger partial charge in [-0.1, -0.05) is 26.8 Å². The lowest BCUT2D eigenvalue weighted by molar-refractivity contribution is -0.131. The molecule has 4 nitrogen and oxygen atoms in total. The summed E-state index contributed by atoms with van der Waals surface area (Å²) in [6.45, 7) is 7.60. The van der Waals surface area contributed by atoms with Crippen molar-refractivity contribution in [2.45, 2.75) is 20.3 Å². The summed E-state index contributed by atoms with van der Waals surface area (Å²) in [6.07, 6.45) is 2.08. The normalized spacial score (nSPS) is 7.08. The van der Waals surface area contributed by atoms with Gasteiger partial charge in [0.2, 0.25) is 0 Å². The van der Waals surface area contributed by atoms with Crippen LogP contribution in [-0.4, -0.2) is 32.1 Å². The molecule has 0 unspecified atom stereocenters. The highest BCUT2D eigenvalue weighted by Crippen LogP contribution is 1.60. The molecule has 0 saturated heterocycles. The molecule has 0 fully saturated rings. The third kappa shape index (κ3) is 94.7. The molecular formula is C9H20O4. The van der Waals surface area contributed by atoms with Gasteiger partial charge < -0.3 is 14.6 Å². The summed E-state index contributed by atoms with van der Waals surface area (Å²) in [5, 5.41) is 7.60. The van der Waals surface area contributed by atoms with E-state index in [1.54, 1.807) is 14.2 Å². The fourth-order valence-electron chi connectivity index (χ4n) is 0.118. The lowest BCUT2D eigenvalue weighted by atomic mass is 10.6. The average Bonchev–Trinajstić information content (AvgIpc) is 2.08. The Balaban J connectivity index is -0.000000120. The molecule has 0 radical (unpaired) electrons. The molecule has 0 saturated carbocycles. The van der Waals surface area contributed by atoms with Gasteiger partial charge in [0.15, 0.2) is 0 Å². The summed E-state index contributed by atoms with van der Waals surface area (Å²) in [5.41, 5.74) is 0. The fourth-order valence-corrected chi connectivity index (χ4v) is 0.118. The van der Waals surface area contributed by atoms with E-state index in [2.05, 4.69) is 29.9 Å². The molecule has 0 aromatic carbocycles. The Morgan fingerprint density at radius 3 is 1.62 bits per heavy atom. The second-order valence-corrected chi connectivity index (χ2v) is 1.94. The van der Waals surface area contributed by atoms with Crippen molar-refractivity contribution >= 4 is 5.97 Å². The van der Waals surface area contributed by atoms with E-state index in [0.717, 1.165) is 6.08 Å². The summed E-state index contributed by atoms with van der Waals surface area (Å²) in [7, 11) is 3.17. The zero-order chi connectivity index (χ0) is 11.1. The maximum atomic E-state index is 9.25. The molecule has 80 valence electrons. The predicted molar refractivity (Wildman–Crippen MR) is 52.7 cm³/mol. The van der Waals surface area contributed by atoms with Crippen LogP contribution in [0, 0.1) is 0 Å². The van der Waals surface area contributed by atoms with Crippen LogP contribution in [0.25, 0.3) is 0 Å². The van der Waals surface area contributed by atoms with Gasteiger partial charge in [-0.15, -0.1) is 0 Å². The van der Waals surface area contributed by atoms with Gasteiger partial charge in [0.1, 0.15) is 6.79 Å². The molecule has 0 rings (SSSR count). The first-order valence-electron chi connectivity index (χ1n) is 3.93. The van der Waals surface area contributed by atoms with Crippen LogP contribution in [0.5, 0.6) is 0 Å². The number of ether oxygens (including phenoxy) is 2. The van der Waals surface area contributed by atoms with Gasteiger partial charge in [-0.3, -0.25) is 0 Å². The van der Waals surface area contributed by atoms with Crippen LogP contribution < -0.4 is 0 Å². The standard InChI is InChI=1S/C3H8O2.C3H4O2.C3H8/c1-4-3-5-2;1-2-3(4)5;1-3-2/h3H2,1-2H3;2H,1H2,(H,4,5);3H2,1-2H3. The Kier molecular flexibility index (Phi) is 31.2. The van der Waals surface area contributed by atoms with E-state index in [-0.39, 0.29) is 0 Å². The highest BCUT2D eigenvalue weighted by Gasteiger charge is 1.73. The SMILES string of the molecule is C=CC(=O)O.CCC.COCOC. The van der Waals surface area contributed by atoms with E-state index >= 15 is 0 Å². The van der Waals surface area contributed by atoms with Crippen molar-refractivity contribution in [1.82, 2.24) is 0 Å². The Hall–Kier alpha value is -0.870. The molecule has 13 heavy (non-hydrogen) atoms. The number of rotatable bonds is 3. The Bertz CT molecular complexity index is 99.8. The quantitative estimate of drug-likeness (QED) is 0.548. The summed E-state index contributed by atoms with van der Waals surface area (Å²) in [5.74, 6) is -0.981. The second kappa shape index (κ2) is 22.5. The van der Waals surface area contributed by atoms with Crippen LogP contribution in [-0.2, 0) is 14.3 Å². The molecule has 0 atom stereocenters. The fraction of sp³-hybridized carbons (Fsp3) is 0.667. The third-order valence-corrected chi connectivity index (χ3v) is 0.410. The first kappa shape index (κ1) is 18.0. The number of carboxylic acid groups (broad SMARTS) is 1. The molecule has 0 spiro atoms. The van der Waals surface area contributed by atoms with Gasteiger partial charge in [-0.2, -0.15) is 0 Å². The Morgan fingerprint density at radius 1 is 1.38 bits per heavy atom. The van der Waals surface area contributed by atoms with Crippen molar-refractivity contribution in [2.75, 3.05) is 21.0 Å². The van der Waals surface area contributed by atoms with Gasteiger partial charge in [0.05, 0.1) is 0 Å². The van der Waals surface area contributed by atoms with Crippen LogP contribution in [0.4, 0.5) is 0 Å². The van der Waals surface area contributed by atoms with Crippen LogP contribution in [0.2, 0.25) is 0 Å². The predicted octanol–water partition coefficient (Wildman–Crippen LogP) is 1.91. The molecule has 0 bridgehead atoms. The average molecular weight is 192 g/mol. The lowest BCUT2D eigenvalue weighted by Crippen LogP contribution is -1.87. The van der Waals surface area contributed by atoms with E-state index < -0.39 is 5.97 Å². The molecular weight excluding hydrogens is 172 g/mol. The van der Waals surface area contributed by atoms with Gasteiger partial charge in [0.25, 0.3) is 0 Å². The Morgan fingerprint density at radius 2 is 1.62 bits per heavy atom. The van der Waals surface area contributed by atoms with Gasteiger partial charge >= 0.3 is 5.97 Å². The molecule has 1 N–H and O–H groups in total. The van der Waals surface area contributed by atoms with Crippen LogP contribution in [0.1, 0.15) is 20.3 Å². The molecule has 0 heterocycles. The maximum absolute atomic E-state index is 9.25. The highest BCUT2D eigenvalue weighted by molar-refractivity contribution is 5.78. The summed E-state index contributed by atoms with van der Waals surface area (Å²) < 4.78 is 8.94. The molecule has 0 aliphatic heterocycles. The molecule has 0 amide bonds. The number of aliphatic carboxylic acids is 1. The number of carbonyl (C=O) groups is 1. The molecule has 4 heteroatoms. The largest absolute Gasteiger partial charge is 0.478 e.